The summed E-state index contributed by atoms with van der Waals surface area (Å²) < 4.78 is 13.7. The lowest BCUT2D eigenvalue weighted by molar-refractivity contribution is 0.0692. The summed E-state index contributed by atoms with van der Waals surface area (Å²) in [4.78, 5) is 12.9. The van der Waals surface area contributed by atoms with Crippen LogP contribution in [0.4, 0.5) is 4.39 Å². The van der Waals surface area contributed by atoms with Gasteiger partial charge in [0.25, 0.3) is 0 Å². The summed E-state index contributed by atoms with van der Waals surface area (Å²) in [6.07, 6.45) is 4.60. The molecule has 20 heavy (non-hydrogen) atoms. The number of hydrogen-bond donors (Lipinski definition) is 2. The molecule has 0 amide bonds. The molecule has 0 aliphatic heterocycles. The molecule has 1 saturated carbocycles. The van der Waals surface area contributed by atoms with Crippen molar-refractivity contribution in [3.63, 3.8) is 0 Å². The third-order valence-corrected chi connectivity index (χ3v) is 3.88. The van der Waals surface area contributed by atoms with Crippen LogP contribution >= 0.6 is 0 Å². The molecule has 1 aliphatic rings. The Labute approximate surface area is 117 Å². The van der Waals surface area contributed by atoms with Gasteiger partial charge in [-0.3, -0.25) is 4.90 Å². The first-order chi connectivity index (χ1) is 9.61. The molecule has 4 nitrogen and oxygen atoms in total. The van der Waals surface area contributed by atoms with Gasteiger partial charge in [-0.05, 0) is 30.5 Å². The van der Waals surface area contributed by atoms with Crippen molar-refractivity contribution in [1.29, 1.82) is 0 Å². The molecule has 2 rings (SSSR count). The largest absolute Gasteiger partial charge is 0.478 e. The van der Waals surface area contributed by atoms with E-state index in [2.05, 4.69) is 4.90 Å². The molecule has 0 spiro atoms. The summed E-state index contributed by atoms with van der Waals surface area (Å²) in [5, 5.41) is 18.0. The van der Waals surface area contributed by atoms with E-state index in [-0.39, 0.29) is 12.2 Å². The van der Waals surface area contributed by atoms with Crippen LogP contribution in [0.1, 0.15) is 41.6 Å². The first-order valence-corrected chi connectivity index (χ1v) is 6.98. The van der Waals surface area contributed by atoms with Crippen LogP contribution in [-0.4, -0.2) is 40.3 Å². The van der Waals surface area contributed by atoms with E-state index in [1.165, 1.54) is 25.0 Å². The minimum Gasteiger partial charge on any atom is -0.478 e. The molecule has 0 aromatic heterocycles. The van der Waals surface area contributed by atoms with Crippen LogP contribution in [-0.2, 0) is 6.54 Å². The van der Waals surface area contributed by atoms with E-state index in [1.54, 1.807) is 6.07 Å². The number of benzene rings is 1. The quantitative estimate of drug-likeness (QED) is 0.839. The average molecular weight is 281 g/mol. The molecule has 5 heteroatoms. The molecule has 110 valence electrons. The van der Waals surface area contributed by atoms with Crippen LogP contribution < -0.4 is 0 Å². The Kier molecular flexibility index (Phi) is 5.09. The Morgan fingerprint density at radius 3 is 2.60 bits per heavy atom. The molecule has 2 N–H and O–H groups in total. The number of halogens is 1. The Hall–Kier alpha value is -1.46. The third kappa shape index (κ3) is 3.55. The molecule has 0 unspecified atom stereocenters. The van der Waals surface area contributed by atoms with Crippen LogP contribution in [0.15, 0.2) is 18.2 Å². The van der Waals surface area contributed by atoms with Crippen molar-refractivity contribution in [3.05, 3.63) is 35.1 Å². The fourth-order valence-corrected chi connectivity index (χ4v) is 2.85. The highest BCUT2D eigenvalue weighted by Gasteiger charge is 2.22. The van der Waals surface area contributed by atoms with E-state index in [4.69, 9.17) is 10.2 Å². The number of aromatic carboxylic acids is 1. The molecular formula is C15H20FNO3. The Morgan fingerprint density at radius 2 is 2.05 bits per heavy atom. The normalized spacial score (nSPS) is 15.9. The topological polar surface area (TPSA) is 60.8 Å². The van der Waals surface area contributed by atoms with Gasteiger partial charge in [-0.25, -0.2) is 9.18 Å². The van der Waals surface area contributed by atoms with Crippen LogP contribution in [0.5, 0.6) is 0 Å². The summed E-state index contributed by atoms with van der Waals surface area (Å²) in [6, 6.07) is 4.66. The lowest BCUT2D eigenvalue weighted by atomic mass is 10.1. The van der Waals surface area contributed by atoms with E-state index < -0.39 is 11.8 Å². The SMILES string of the molecule is O=C(O)c1ccc(CN(CCO)C2CCCC2)cc1F. The zero-order valence-corrected chi connectivity index (χ0v) is 11.4. The van der Waals surface area contributed by atoms with E-state index in [1.807, 2.05) is 0 Å². The van der Waals surface area contributed by atoms with Crippen molar-refractivity contribution in [1.82, 2.24) is 4.90 Å². The van der Waals surface area contributed by atoms with Crippen LogP contribution in [0.3, 0.4) is 0 Å². The zero-order chi connectivity index (χ0) is 14.5. The van der Waals surface area contributed by atoms with Gasteiger partial charge in [0.05, 0.1) is 12.2 Å². The second-order valence-electron chi connectivity index (χ2n) is 5.25. The van der Waals surface area contributed by atoms with E-state index in [0.717, 1.165) is 18.4 Å². The number of carboxylic acid groups (broad SMARTS) is 1. The predicted molar refractivity (Wildman–Crippen MR) is 73.1 cm³/mol. The van der Waals surface area contributed by atoms with Gasteiger partial charge >= 0.3 is 5.97 Å². The fourth-order valence-electron chi connectivity index (χ4n) is 2.85. The van der Waals surface area contributed by atoms with Gasteiger partial charge in [0, 0.05) is 19.1 Å². The van der Waals surface area contributed by atoms with Gasteiger partial charge in [0.2, 0.25) is 0 Å². The van der Waals surface area contributed by atoms with Gasteiger partial charge in [-0.2, -0.15) is 0 Å². The second kappa shape index (κ2) is 6.81. The van der Waals surface area contributed by atoms with Gasteiger partial charge in [0.15, 0.2) is 0 Å². The number of carboxylic acids is 1. The summed E-state index contributed by atoms with van der Waals surface area (Å²) in [6.45, 7) is 1.18. The Morgan fingerprint density at radius 1 is 1.35 bits per heavy atom. The highest BCUT2D eigenvalue weighted by Crippen LogP contribution is 2.25. The Bertz CT molecular complexity index is 472. The maximum atomic E-state index is 13.7. The lowest BCUT2D eigenvalue weighted by Gasteiger charge is -2.28. The maximum Gasteiger partial charge on any atom is 0.338 e. The van der Waals surface area contributed by atoms with E-state index >= 15 is 0 Å². The predicted octanol–water partition coefficient (Wildman–Crippen LogP) is 2.26. The number of hydrogen-bond acceptors (Lipinski definition) is 3. The van der Waals surface area contributed by atoms with Gasteiger partial charge < -0.3 is 10.2 Å². The highest BCUT2D eigenvalue weighted by atomic mass is 19.1. The van der Waals surface area contributed by atoms with Crippen LogP contribution in [0.2, 0.25) is 0 Å². The van der Waals surface area contributed by atoms with Crippen molar-refractivity contribution >= 4 is 5.97 Å². The number of carbonyl (C=O) groups is 1. The van der Waals surface area contributed by atoms with Crippen molar-refractivity contribution in [2.24, 2.45) is 0 Å². The molecule has 1 aromatic carbocycles. The van der Waals surface area contributed by atoms with Gasteiger partial charge in [-0.1, -0.05) is 18.9 Å². The minimum atomic E-state index is -1.25. The molecule has 0 saturated heterocycles. The maximum absolute atomic E-state index is 13.7. The summed E-state index contributed by atoms with van der Waals surface area (Å²) in [5.74, 6) is -1.96. The Balaban J connectivity index is 2.09. The fraction of sp³-hybridized carbons (Fsp3) is 0.533. The van der Waals surface area contributed by atoms with Crippen molar-refractivity contribution in [2.45, 2.75) is 38.3 Å². The zero-order valence-electron chi connectivity index (χ0n) is 11.4. The summed E-state index contributed by atoms with van der Waals surface area (Å²) in [7, 11) is 0. The molecule has 1 aromatic rings. The number of rotatable bonds is 6. The first-order valence-electron chi connectivity index (χ1n) is 6.98. The number of aliphatic hydroxyl groups is 1. The average Bonchev–Trinajstić information content (AvgIpc) is 2.91. The summed E-state index contributed by atoms with van der Waals surface area (Å²) >= 11 is 0. The third-order valence-electron chi connectivity index (χ3n) is 3.88. The molecule has 1 fully saturated rings. The molecule has 0 atom stereocenters. The van der Waals surface area contributed by atoms with E-state index in [0.29, 0.717) is 19.1 Å². The summed E-state index contributed by atoms with van der Waals surface area (Å²) in [5.41, 5.74) is 0.441. The number of aliphatic hydroxyl groups excluding tert-OH is 1. The van der Waals surface area contributed by atoms with Crippen molar-refractivity contribution < 1.29 is 19.4 Å². The van der Waals surface area contributed by atoms with E-state index in [9.17, 15) is 9.18 Å². The highest BCUT2D eigenvalue weighted by molar-refractivity contribution is 5.87. The van der Waals surface area contributed by atoms with Crippen molar-refractivity contribution in [3.8, 4) is 0 Å². The van der Waals surface area contributed by atoms with Gasteiger partial charge in [0.1, 0.15) is 5.82 Å². The minimum absolute atomic E-state index is 0.0756. The second-order valence-corrected chi connectivity index (χ2v) is 5.25. The van der Waals surface area contributed by atoms with Crippen LogP contribution in [0.25, 0.3) is 0 Å². The molecule has 0 bridgehead atoms. The lowest BCUT2D eigenvalue weighted by Crippen LogP contribution is -2.35. The monoisotopic (exact) mass is 281 g/mol. The standard InChI is InChI=1S/C15H20FNO3/c16-14-9-11(5-6-13(14)15(19)20)10-17(7-8-18)12-3-1-2-4-12/h5-6,9,12,18H,1-4,7-8,10H2,(H,19,20). The molecule has 0 radical (unpaired) electrons. The van der Waals surface area contributed by atoms with Crippen LogP contribution in [0, 0.1) is 5.82 Å². The van der Waals surface area contributed by atoms with Gasteiger partial charge in [-0.15, -0.1) is 0 Å². The molecule has 1 aliphatic carbocycles. The van der Waals surface area contributed by atoms with Crippen molar-refractivity contribution in [2.75, 3.05) is 13.2 Å². The molecular weight excluding hydrogens is 261 g/mol. The molecule has 0 heterocycles. The first kappa shape index (κ1) is 14.9. The number of nitrogens with zero attached hydrogens (tertiary/aromatic N) is 1. The smallest absolute Gasteiger partial charge is 0.338 e.